The molecule has 1 rings (SSSR count). The Morgan fingerprint density at radius 3 is 2.62 bits per heavy atom. The minimum Gasteiger partial charge on any atom is -0.494 e. The van der Waals surface area contributed by atoms with E-state index in [0.717, 1.165) is 6.07 Å². The number of hydrogen-bond donors (Lipinski definition) is 3. The van der Waals surface area contributed by atoms with Crippen LogP contribution in [0, 0.1) is 5.82 Å². The topological polar surface area (TPSA) is 66.8 Å². The molecule has 2 unspecified atom stereocenters. The Balaban J connectivity index is 2.97. The first-order valence-electron chi connectivity index (χ1n) is 4.39. The van der Waals surface area contributed by atoms with E-state index < -0.39 is 23.1 Å². The van der Waals surface area contributed by atoms with Crippen molar-refractivity contribution in [3.8, 4) is 5.75 Å². The highest BCUT2D eigenvalue weighted by atomic mass is 32.1. The third-order valence-electron chi connectivity index (χ3n) is 2.07. The Morgan fingerprint density at radius 1 is 1.56 bits per heavy atom. The third kappa shape index (κ3) is 2.65. The molecular weight excluding hydrogens is 235 g/mol. The molecule has 0 aromatic heterocycles. The van der Waals surface area contributed by atoms with Gasteiger partial charge in [0.1, 0.15) is 0 Å². The van der Waals surface area contributed by atoms with E-state index in [2.05, 4.69) is 12.6 Å². The quantitative estimate of drug-likeness (QED) is 0.699. The molecule has 0 aliphatic carbocycles. The van der Waals surface area contributed by atoms with Gasteiger partial charge in [-0.05, 0) is 17.7 Å². The van der Waals surface area contributed by atoms with Crippen LogP contribution in [0.1, 0.15) is 10.8 Å². The molecule has 1 aromatic rings. The van der Waals surface area contributed by atoms with Gasteiger partial charge in [0.2, 0.25) is 0 Å². The molecule has 0 radical (unpaired) electrons. The molecule has 0 heterocycles. The second-order valence-electron chi connectivity index (χ2n) is 3.12. The van der Waals surface area contributed by atoms with Gasteiger partial charge >= 0.3 is 5.97 Å². The first-order chi connectivity index (χ1) is 7.47. The predicted molar refractivity (Wildman–Crippen MR) is 58.3 cm³/mol. The monoisotopic (exact) mass is 246 g/mol. The molecule has 0 fully saturated rings. The van der Waals surface area contributed by atoms with E-state index >= 15 is 0 Å². The summed E-state index contributed by atoms with van der Waals surface area (Å²) in [6.45, 7) is 0. The minimum atomic E-state index is -1.68. The van der Waals surface area contributed by atoms with E-state index in [9.17, 15) is 14.3 Å². The van der Waals surface area contributed by atoms with Gasteiger partial charge in [0.25, 0.3) is 0 Å². The number of ether oxygens (including phenoxy) is 1. The van der Waals surface area contributed by atoms with E-state index in [1.165, 1.54) is 19.2 Å². The maximum atomic E-state index is 13.3. The number of halogens is 1. The van der Waals surface area contributed by atoms with Crippen molar-refractivity contribution in [2.24, 2.45) is 0 Å². The zero-order valence-corrected chi connectivity index (χ0v) is 9.32. The zero-order valence-electron chi connectivity index (χ0n) is 8.42. The standard InChI is InChI=1S/C10H11FO4S/c1-15-7-3-2-5(4-6(7)11)9(16)8(12)10(13)14/h2-4,8-9,12,16H,1H3,(H,13,14). The summed E-state index contributed by atoms with van der Waals surface area (Å²) in [5.41, 5.74) is 0.275. The first kappa shape index (κ1) is 12.8. The van der Waals surface area contributed by atoms with Crippen LogP contribution < -0.4 is 4.74 Å². The van der Waals surface area contributed by atoms with Crippen molar-refractivity contribution < 1.29 is 24.1 Å². The van der Waals surface area contributed by atoms with Crippen LogP contribution in [-0.4, -0.2) is 29.4 Å². The maximum Gasteiger partial charge on any atom is 0.334 e. The average molecular weight is 246 g/mol. The Bertz CT molecular complexity index is 396. The Labute approximate surface area is 97.1 Å². The lowest BCUT2D eigenvalue weighted by molar-refractivity contribution is -0.146. The molecule has 0 saturated carbocycles. The van der Waals surface area contributed by atoms with Gasteiger partial charge < -0.3 is 14.9 Å². The third-order valence-corrected chi connectivity index (χ3v) is 2.65. The average Bonchev–Trinajstić information content (AvgIpc) is 2.26. The second kappa shape index (κ2) is 5.18. The fourth-order valence-corrected chi connectivity index (χ4v) is 1.47. The number of carboxylic acid groups (broad SMARTS) is 1. The van der Waals surface area contributed by atoms with Crippen LogP contribution in [0.4, 0.5) is 4.39 Å². The minimum absolute atomic E-state index is 0.0501. The number of rotatable bonds is 4. The van der Waals surface area contributed by atoms with E-state index in [-0.39, 0.29) is 11.3 Å². The van der Waals surface area contributed by atoms with Gasteiger partial charge in [0.15, 0.2) is 17.7 Å². The van der Waals surface area contributed by atoms with E-state index in [0.29, 0.717) is 0 Å². The van der Waals surface area contributed by atoms with Gasteiger partial charge in [-0.2, -0.15) is 12.6 Å². The number of carboxylic acids is 1. The van der Waals surface area contributed by atoms with Crippen LogP contribution >= 0.6 is 12.6 Å². The van der Waals surface area contributed by atoms with E-state index in [1.54, 1.807) is 0 Å². The largest absolute Gasteiger partial charge is 0.494 e. The lowest BCUT2D eigenvalue weighted by Gasteiger charge is -2.15. The molecular formula is C10H11FO4S. The molecule has 1 aromatic carbocycles. The van der Waals surface area contributed by atoms with E-state index in [4.69, 9.17) is 9.84 Å². The molecule has 6 heteroatoms. The summed E-state index contributed by atoms with van der Waals surface area (Å²) in [6.07, 6.45) is -1.68. The van der Waals surface area contributed by atoms with Crippen molar-refractivity contribution in [1.82, 2.24) is 0 Å². The summed E-state index contributed by atoms with van der Waals surface area (Å²) in [5, 5.41) is 16.8. The van der Waals surface area contributed by atoms with E-state index in [1.807, 2.05) is 0 Å². The second-order valence-corrected chi connectivity index (χ2v) is 3.68. The summed E-state index contributed by atoms with van der Waals surface area (Å²) < 4.78 is 18.0. The molecule has 88 valence electrons. The van der Waals surface area contributed by atoms with Crippen LogP contribution in [0.3, 0.4) is 0 Å². The molecule has 2 N–H and O–H groups in total. The highest BCUT2D eigenvalue weighted by Crippen LogP contribution is 2.27. The van der Waals surface area contributed by atoms with Crippen molar-refractivity contribution >= 4 is 18.6 Å². The van der Waals surface area contributed by atoms with Gasteiger partial charge in [0.05, 0.1) is 12.4 Å². The number of aliphatic hydroxyl groups is 1. The number of benzene rings is 1. The highest BCUT2D eigenvalue weighted by Gasteiger charge is 2.24. The van der Waals surface area contributed by atoms with Gasteiger partial charge in [-0.25, -0.2) is 9.18 Å². The van der Waals surface area contributed by atoms with Gasteiger partial charge in [-0.1, -0.05) is 6.07 Å². The molecule has 0 bridgehead atoms. The predicted octanol–water partition coefficient (Wildman–Crippen LogP) is 1.25. The van der Waals surface area contributed by atoms with Crippen molar-refractivity contribution in [1.29, 1.82) is 0 Å². The lowest BCUT2D eigenvalue weighted by atomic mass is 10.1. The molecule has 0 aliphatic heterocycles. The van der Waals surface area contributed by atoms with Crippen LogP contribution in [0.25, 0.3) is 0 Å². The molecule has 0 spiro atoms. The number of aliphatic hydroxyl groups excluding tert-OH is 1. The SMILES string of the molecule is COc1ccc(C(S)C(O)C(=O)O)cc1F. The number of thiol groups is 1. The number of methoxy groups -OCH3 is 1. The Hall–Kier alpha value is -1.27. The summed E-state index contributed by atoms with van der Waals surface area (Å²) in [7, 11) is 1.32. The Morgan fingerprint density at radius 2 is 2.19 bits per heavy atom. The summed E-state index contributed by atoms with van der Waals surface area (Å²) in [4.78, 5) is 10.5. The fraction of sp³-hybridized carbons (Fsp3) is 0.300. The lowest BCUT2D eigenvalue weighted by Crippen LogP contribution is -2.24. The molecule has 0 amide bonds. The zero-order chi connectivity index (χ0) is 12.3. The highest BCUT2D eigenvalue weighted by molar-refractivity contribution is 7.80. The smallest absolute Gasteiger partial charge is 0.334 e. The van der Waals surface area contributed by atoms with Gasteiger partial charge in [-0.15, -0.1) is 0 Å². The number of hydrogen-bond acceptors (Lipinski definition) is 4. The summed E-state index contributed by atoms with van der Waals surface area (Å²) in [5.74, 6) is -1.98. The van der Waals surface area contributed by atoms with Crippen molar-refractivity contribution in [2.75, 3.05) is 7.11 Å². The summed E-state index contributed by atoms with van der Waals surface area (Å²) in [6, 6.07) is 3.89. The number of aliphatic carboxylic acids is 1. The van der Waals surface area contributed by atoms with Crippen LogP contribution in [-0.2, 0) is 4.79 Å². The van der Waals surface area contributed by atoms with Gasteiger partial charge in [-0.3, -0.25) is 0 Å². The molecule has 2 atom stereocenters. The van der Waals surface area contributed by atoms with Crippen molar-refractivity contribution in [2.45, 2.75) is 11.4 Å². The Kier molecular flexibility index (Phi) is 4.14. The normalized spacial score (nSPS) is 14.2. The summed E-state index contributed by atoms with van der Waals surface area (Å²) >= 11 is 3.93. The van der Waals surface area contributed by atoms with Crippen LogP contribution in [0.5, 0.6) is 5.75 Å². The fourth-order valence-electron chi connectivity index (χ4n) is 1.18. The maximum absolute atomic E-state index is 13.3. The van der Waals surface area contributed by atoms with Crippen LogP contribution in [0.2, 0.25) is 0 Å². The molecule has 0 saturated heterocycles. The van der Waals surface area contributed by atoms with Crippen molar-refractivity contribution in [3.05, 3.63) is 29.6 Å². The molecule has 16 heavy (non-hydrogen) atoms. The van der Waals surface area contributed by atoms with Crippen molar-refractivity contribution in [3.63, 3.8) is 0 Å². The van der Waals surface area contributed by atoms with Crippen LogP contribution in [0.15, 0.2) is 18.2 Å². The van der Waals surface area contributed by atoms with Gasteiger partial charge in [0, 0.05) is 0 Å². The molecule has 0 aliphatic rings. The number of carbonyl (C=O) groups is 1. The molecule has 4 nitrogen and oxygen atoms in total. The first-order valence-corrected chi connectivity index (χ1v) is 4.91.